The summed E-state index contributed by atoms with van der Waals surface area (Å²) in [5.41, 5.74) is 0.288. The quantitative estimate of drug-likeness (QED) is 0.813. The highest BCUT2D eigenvalue weighted by Gasteiger charge is 2.51. The van der Waals surface area contributed by atoms with E-state index >= 15 is 0 Å². The van der Waals surface area contributed by atoms with Crippen molar-refractivity contribution in [2.45, 2.75) is 76.1 Å². The van der Waals surface area contributed by atoms with Crippen LogP contribution in [0.3, 0.4) is 0 Å². The van der Waals surface area contributed by atoms with Gasteiger partial charge in [-0.15, -0.1) is 0 Å². The van der Waals surface area contributed by atoms with Gasteiger partial charge < -0.3 is 20.2 Å². The van der Waals surface area contributed by atoms with Crippen molar-refractivity contribution in [3.63, 3.8) is 0 Å². The van der Waals surface area contributed by atoms with Gasteiger partial charge >= 0.3 is 0 Å². The smallest absolute Gasteiger partial charge is 0.239 e. The fourth-order valence-electron chi connectivity index (χ4n) is 4.99. The van der Waals surface area contributed by atoms with Crippen LogP contribution in [0, 0.1) is 5.41 Å². The van der Waals surface area contributed by atoms with Gasteiger partial charge in [-0.05, 0) is 63.8 Å². The molecule has 130 valence electrons. The maximum absolute atomic E-state index is 12.6. The maximum Gasteiger partial charge on any atom is 0.239 e. The lowest BCUT2D eigenvalue weighted by molar-refractivity contribution is -0.144. The van der Waals surface area contributed by atoms with Crippen LogP contribution in [0.15, 0.2) is 0 Å². The fourth-order valence-corrected chi connectivity index (χ4v) is 4.99. The summed E-state index contributed by atoms with van der Waals surface area (Å²) in [5, 5.41) is 13.7. The minimum absolute atomic E-state index is 0.0293. The molecule has 2 N–H and O–H groups in total. The van der Waals surface area contributed by atoms with E-state index in [1.165, 1.54) is 19.3 Å². The molecule has 3 saturated heterocycles. The van der Waals surface area contributed by atoms with E-state index in [4.69, 9.17) is 0 Å². The highest BCUT2D eigenvalue weighted by atomic mass is 16.3. The Bertz CT molecular complexity index is 465. The predicted molar refractivity (Wildman–Crippen MR) is 89.1 cm³/mol. The van der Waals surface area contributed by atoms with Crippen LogP contribution < -0.4 is 5.32 Å². The van der Waals surface area contributed by atoms with Gasteiger partial charge in [-0.2, -0.15) is 0 Å². The van der Waals surface area contributed by atoms with E-state index < -0.39 is 0 Å². The summed E-state index contributed by atoms with van der Waals surface area (Å²) in [4.78, 5) is 17.2. The SMILES string of the molecule is C[C@@H]1NC[C@H]2CCCC(CCN3CCC4(CC4)[C@H](O)C3)N2C1=O. The first-order valence-electron chi connectivity index (χ1n) is 9.55. The van der Waals surface area contributed by atoms with Gasteiger partial charge in [-0.25, -0.2) is 0 Å². The number of aliphatic hydroxyl groups is 1. The molecule has 0 aromatic carbocycles. The largest absolute Gasteiger partial charge is 0.391 e. The predicted octanol–water partition coefficient (Wildman–Crippen LogP) is 0.965. The molecular weight excluding hydrogens is 290 g/mol. The molecule has 3 heterocycles. The van der Waals surface area contributed by atoms with Crippen molar-refractivity contribution in [3.05, 3.63) is 0 Å². The van der Waals surface area contributed by atoms with Gasteiger partial charge in [-0.3, -0.25) is 4.79 Å². The number of rotatable bonds is 3. The zero-order valence-corrected chi connectivity index (χ0v) is 14.3. The van der Waals surface area contributed by atoms with Crippen molar-refractivity contribution in [1.82, 2.24) is 15.1 Å². The summed E-state index contributed by atoms with van der Waals surface area (Å²) >= 11 is 0. The molecule has 1 saturated carbocycles. The molecule has 0 bridgehead atoms. The minimum atomic E-state index is -0.129. The van der Waals surface area contributed by atoms with Crippen LogP contribution in [0.2, 0.25) is 0 Å². The number of amides is 1. The molecule has 4 atom stereocenters. The summed E-state index contributed by atoms with van der Waals surface area (Å²) in [7, 11) is 0. The molecular formula is C18H31N3O2. The van der Waals surface area contributed by atoms with Crippen molar-refractivity contribution in [2.75, 3.05) is 26.2 Å². The standard InChI is InChI=1S/C18H31N3O2/c1-13-17(23)21-14(3-2-4-15(21)11-19-13)5-9-20-10-8-18(6-7-18)16(22)12-20/h13-16,19,22H,2-12H2,1H3/t13-,14?,15+,16+/m0/s1. The number of aliphatic hydroxyl groups excluding tert-OH is 1. The molecule has 4 rings (SSSR count). The second kappa shape index (κ2) is 6.01. The highest BCUT2D eigenvalue weighted by Crippen LogP contribution is 2.53. The van der Waals surface area contributed by atoms with Gasteiger partial charge in [0.25, 0.3) is 0 Å². The van der Waals surface area contributed by atoms with E-state index in [1.54, 1.807) is 0 Å². The Balaban J connectivity index is 1.33. The number of carbonyl (C=O) groups is 1. The first kappa shape index (κ1) is 15.9. The van der Waals surface area contributed by atoms with Crippen LogP contribution in [0.5, 0.6) is 0 Å². The Hall–Kier alpha value is -0.650. The van der Waals surface area contributed by atoms with Crippen LogP contribution in [0.1, 0.15) is 51.9 Å². The number of hydrogen-bond acceptors (Lipinski definition) is 4. The molecule has 23 heavy (non-hydrogen) atoms. The number of carbonyl (C=O) groups excluding carboxylic acids is 1. The number of β-amino-alcohol motifs (C(OH)–C–C–N with tert-alkyl or cyclic N) is 1. The Kier molecular flexibility index (Phi) is 4.14. The molecule has 5 heteroatoms. The molecule has 3 aliphatic heterocycles. The summed E-state index contributed by atoms with van der Waals surface area (Å²) in [6.45, 7) is 5.92. The highest BCUT2D eigenvalue weighted by molar-refractivity contribution is 5.83. The number of likely N-dealkylation sites (tertiary alicyclic amines) is 1. The molecule has 4 aliphatic rings. The lowest BCUT2D eigenvalue weighted by Gasteiger charge is -2.47. The van der Waals surface area contributed by atoms with E-state index in [9.17, 15) is 9.90 Å². The van der Waals surface area contributed by atoms with Crippen molar-refractivity contribution >= 4 is 5.91 Å². The topological polar surface area (TPSA) is 55.8 Å². The van der Waals surface area contributed by atoms with Crippen LogP contribution in [-0.4, -0.2) is 71.2 Å². The van der Waals surface area contributed by atoms with Crippen molar-refractivity contribution in [2.24, 2.45) is 5.41 Å². The molecule has 1 unspecified atom stereocenters. The number of nitrogens with one attached hydrogen (secondary N) is 1. The molecule has 5 nitrogen and oxygen atoms in total. The Morgan fingerprint density at radius 3 is 2.87 bits per heavy atom. The lowest BCUT2D eigenvalue weighted by Crippen LogP contribution is -2.64. The van der Waals surface area contributed by atoms with Crippen molar-refractivity contribution in [1.29, 1.82) is 0 Å². The van der Waals surface area contributed by atoms with Gasteiger partial charge in [0, 0.05) is 31.7 Å². The first-order chi connectivity index (χ1) is 11.1. The lowest BCUT2D eigenvalue weighted by atomic mass is 9.89. The number of piperidine rings is 2. The van der Waals surface area contributed by atoms with Gasteiger partial charge in [-0.1, -0.05) is 0 Å². The number of piperazine rings is 1. The van der Waals surface area contributed by atoms with Crippen LogP contribution in [0.25, 0.3) is 0 Å². The van der Waals surface area contributed by atoms with Crippen LogP contribution in [0.4, 0.5) is 0 Å². The average Bonchev–Trinajstić information content (AvgIpc) is 3.33. The zero-order valence-electron chi connectivity index (χ0n) is 14.3. The van der Waals surface area contributed by atoms with E-state index in [2.05, 4.69) is 15.1 Å². The number of fused-ring (bicyclic) bond motifs is 1. The average molecular weight is 321 g/mol. The summed E-state index contributed by atoms with van der Waals surface area (Å²) in [6.07, 6.45) is 8.07. The van der Waals surface area contributed by atoms with Gasteiger partial charge in [0.1, 0.15) is 0 Å². The summed E-state index contributed by atoms with van der Waals surface area (Å²) in [5.74, 6) is 0.293. The molecule has 0 aromatic heterocycles. The van der Waals surface area contributed by atoms with E-state index in [0.717, 1.165) is 51.9 Å². The normalized spacial score (nSPS) is 40.3. The third kappa shape index (κ3) is 2.92. The van der Waals surface area contributed by atoms with Gasteiger partial charge in [0.05, 0.1) is 12.1 Å². The molecule has 0 aromatic rings. The zero-order chi connectivity index (χ0) is 16.0. The number of nitrogens with zero attached hydrogens (tertiary/aromatic N) is 2. The summed E-state index contributed by atoms with van der Waals surface area (Å²) < 4.78 is 0. The monoisotopic (exact) mass is 321 g/mol. The first-order valence-corrected chi connectivity index (χ1v) is 9.55. The van der Waals surface area contributed by atoms with Crippen LogP contribution in [-0.2, 0) is 4.79 Å². The van der Waals surface area contributed by atoms with E-state index in [0.29, 0.717) is 18.0 Å². The van der Waals surface area contributed by atoms with E-state index in [-0.39, 0.29) is 17.6 Å². The maximum atomic E-state index is 12.6. The third-order valence-electron chi connectivity index (χ3n) is 6.88. The van der Waals surface area contributed by atoms with Gasteiger partial charge in [0.2, 0.25) is 5.91 Å². The van der Waals surface area contributed by atoms with Crippen molar-refractivity contribution < 1.29 is 9.90 Å². The molecule has 4 fully saturated rings. The number of hydrogen-bond donors (Lipinski definition) is 2. The molecule has 0 radical (unpaired) electrons. The Morgan fingerprint density at radius 2 is 2.13 bits per heavy atom. The second-order valence-corrected chi connectivity index (χ2v) is 8.33. The Morgan fingerprint density at radius 1 is 1.30 bits per heavy atom. The fraction of sp³-hybridized carbons (Fsp3) is 0.944. The van der Waals surface area contributed by atoms with Crippen molar-refractivity contribution in [3.8, 4) is 0 Å². The molecule has 1 spiro atoms. The molecule has 1 amide bonds. The Labute approximate surface area is 139 Å². The summed E-state index contributed by atoms with van der Waals surface area (Å²) in [6, 6.07) is 0.775. The van der Waals surface area contributed by atoms with E-state index in [1.807, 2.05) is 6.92 Å². The molecule has 1 aliphatic carbocycles. The second-order valence-electron chi connectivity index (χ2n) is 8.33. The van der Waals surface area contributed by atoms with Crippen LogP contribution >= 0.6 is 0 Å². The minimum Gasteiger partial charge on any atom is -0.391 e. The van der Waals surface area contributed by atoms with Gasteiger partial charge in [0.15, 0.2) is 0 Å². The third-order valence-corrected chi connectivity index (χ3v) is 6.88.